The number of benzene rings is 4. The molecule has 1 aliphatic heterocycles. The zero-order valence-corrected chi connectivity index (χ0v) is 41.9. The number of aromatic nitrogens is 6. The van der Waals surface area contributed by atoms with E-state index in [1.165, 1.54) is 18.2 Å². The molecular weight excluding hydrogens is 956 g/mol. The largest absolute Gasteiger partial charge is 0.780 e. The number of phenols is 1. The second-order valence-corrected chi connectivity index (χ2v) is 20.5. The van der Waals surface area contributed by atoms with Gasteiger partial charge in [-0.1, -0.05) is 146 Å². The van der Waals surface area contributed by atoms with E-state index in [9.17, 15) is 24.4 Å². The molecule has 4 heterocycles. The first kappa shape index (κ1) is 51.8. The smallest absolute Gasteiger partial charge is 0.227 e. The molecule has 4 aromatic carbocycles. The molecule has 0 spiro atoms. The van der Waals surface area contributed by atoms with E-state index in [4.69, 9.17) is 23.7 Å². The Balaban J connectivity index is 0.759. The highest BCUT2D eigenvalue weighted by Gasteiger charge is 2.29. The highest BCUT2D eigenvalue weighted by atomic mass is 32.5. The summed E-state index contributed by atoms with van der Waals surface area (Å²) in [5, 5.41) is 31.8. The number of aryl methyl sites for hydroxylation is 2. The third-order valence-corrected chi connectivity index (χ3v) is 13.5. The van der Waals surface area contributed by atoms with Crippen molar-refractivity contribution in [1.82, 2.24) is 35.3 Å². The number of ether oxygens (including phenoxy) is 1. The maximum atomic E-state index is 13.9. The first-order chi connectivity index (χ1) is 35.0. The Bertz CT molecular complexity index is 3050. The Morgan fingerprint density at radius 1 is 0.792 bits per heavy atom. The molecule has 3 N–H and O–H groups in total. The first-order valence-corrected chi connectivity index (χ1v) is 27.3. The predicted octanol–water partition coefficient (Wildman–Crippen LogP) is 8.98. The van der Waals surface area contributed by atoms with Crippen LogP contribution < -0.4 is 25.3 Å². The average Bonchev–Trinajstić information content (AvgIpc) is 4.02. The van der Waals surface area contributed by atoms with Crippen molar-refractivity contribution >= 4 is 47.0 Å². The number of unbranched alkanes of at least 4 members (excludes halogenated alkanes) is 10. The number of anilines is 1. The molecule has 8 rings (SSSR count). The Kier molecular flexibility index (Phi) is 18.1. The van der Waals surface area contributed by atoms with Crippen molar-refractivity contribution in [1.29, 1.82) is 0 Å². The van der Waals surface area contributed by atoms with Gasteiger partial charge in [0.25, 0.3) is 0 Å². The van der Waals surface area contributed by atoms with Crippen molar-refractivity contribution in [3.63, 3.8) is 0 Å². The minimum atomic E-state index is -3.87. The molecule has 7 aromatic rings. The van der Waals surface area contributed by atoms with Crippen molar-refractivity contribution in [2.24, 2.45) is 0 Å². The quantitative estimate of drug-likeness (QED) is 0.0340. The number of hydrogen-bond donors (Lipinski definition) is 3. The Hall–Kier alpha value is -6.56. The van der Waals surface area contributed by atoms with Crippen LogP contribution in [0.15, 0.2) is 112 Å². The standard InChI is InChI=1S/C53H61N8O9PS/c62-45-27-26-43-46(63)34-47(38-20-10-9-11-21-38)70-52(43)53(45)68-37-40-36-59(57-55-40)31-17-6-3-1-2-4-7-18-32-61-51-41-23-13-12-22-39(41)35-60(44-25-15-14-24-42(44)50(51)56-58-61)49(65)29-28-48(64)54-30-16-5-8-19-33-69-71(66,67)72/h9-15,20-27,34,36,62H,1-8,16-19,28-33,35,37H2,(H,54,64)(H2,66,67,72)/p-1. The number of fused-ring (bicyclic) bond motifs is 6. The van der Waals surface area contributed by atoms with Crippen molar-refractivity contribution < 1.29 is 38.2 Å². The number of para-hydroxylation sites is 1. The third kappa shape index (κ3) is 13.9. The van der Waals surface area contributed by atoms with Crippen LogP contribution in [0, 0.1) is 0 Å². The van der Waals surface area contributed by atoms with Crippen molar-refractivity contribution in [2.75, 3.05) is 18.1 Å². The summed E-state index contributed by atoms with van der Waals surface area (Å²) in [5.41, 5.74) is 6.44. The number of nitrogens with zero attached hydrogens (tertiary/aromatic N) is 7. The van der Waals surface area contributed by atoms with E-state index >= 15 is 0 Å². The minimum Gasteiger partial charge on any atom is -0.780 e. The fraction of sp³-hybridized carbons (Fsp3) is 0.377. The summed E-state index contributed by atoms with van der Waals surface area (Å²) >= 11 is 4.35. The van der Waals surface area contributed by atoms with Crippen LogP contribution in [-0.4, -0.2) is 65.0 Å². The highest BCUT2D eigenvalue weighted by Crippen LogP contribution is 2.42. The Morgan fingerprint density at radius 3 is 2.28 bits per heavy atom. The van der Waals surface area contributed by atoms with Crippen molar-refractivity contribution in [2.45, 2.75) is 116 Å². The average molecular weight is 1020 g/mol. The van der Waals surface area contributed by atoms with Crippen LogP contribution in [0.4, 0.5) is 5.69 Å². The van der Waals surface area contributed by atoms with E-state index in [0.29, 0.717) is 42.9 Å². The molecule has 0 saturated heterocycles. The number of carbonyl (C=O) groups is 2. The Labute approximate surface area is 423 Å². The molecule has 1 aliphatic rings. The molecule has 0 fully saturated rings. The van der Waals surface area contributed by atoms with E-state index in [-0.39, 0.29) is 60.4 Å². The summed E-state index contributed by atoms with van der Waals surface area (Å²) in [7, 11) is 0. The second kappa shape index (κ2) is 25.2. The molecule has 72 heavy (non-hydrogen) atoms. The highest BCUT2D eigenvalue weighted by molar-refractivity contribution is 8.06. The summed E-state index contributed by atoms with van der Waals surface area (Å²) in [5.74, 6) is -0.0207. The second-order valence-electron chi connectivity index (χ2n) is 18.0. The number of nitrogens with one attached hydrogen (secondary N) is 1. The number of hydrogen-bond acceptors (Lipinski definition) is 13. The lowest BCUT2D eigenvalue weighted by atomic mass is 9.95. The van der Waals surface area contributed by atoms with Gasteiger partial charge in [-0.15, -0.1) is 10.2 Å². The van der Waals surface area contributed by atoms with Gasteiger partial charge in [0, 0.05) is 55.2 Å². The van der Waals surface area contributed by atoms with E-state index in [1.807, 2.05) is 83.7 Å². The van der Waals surface area contributed by atoms with Crippen molar-refractivity contribution in [3.05, 3.63) is 125 Å². The van der Waals surface area contributed by atoms with Gasteiger partial charge < -0.3 is 38.8 Å². The van der Waals surface area contributed by atoms with Gasteiger partial charge in [0.2, 0.25) is 17.6 Å². The van der Waals surface area contributed by atoms with Crippen LogP contribution in [0.5, 0.6) is 11.5 Å². The minimum absolute atomic E-state index is 0.0405. The number of aromatic hydroxyl groups is 1. The monoisotopic (exact) mass is 1020 g/mol. The molecule has 1 unspecified atom stereocenters. The first-order valence-electron chi connectivity index (χ1n) is 24.8. The van der Waals surface area contributed by atoms with E-state index in [2.05, 4.69) is 38.7 Å². The van der Waals surface area contributed by atoms with E-state index < -0.39 is 6.72 Å². The van der Waals surface area contributed by atoms with Crippen LogP contribution in [-0.2, 0) is 52.2 Å². The molecule has 1 atom stereocenters. The number of amides is 2. The molecule has 378 valence electrons. The van der Waals surface area contributed by atoms with E-state index in [1.54, 1.807) is 9.58 Å². The molecule has 2 amide bonds. The fourth-order valence-electron chi connectivity index (χ4n) is 8.95. The molecular formula is C53H60N8O9PS-. The van der Waals surface area contributed by atoms with Gasteiger partial charge in [-0.3, -0.25) is 19.1 Å². The molecule has 19 heteroatoms. The summed E-state index contributed by atoms with van der Waals surface area (Å²) < 4.78 is 20.6. The lowest BCUT2D eigenvalue weighted by molar-refractivity contribution is -0.201. The molecule has 17 nitrogen and oxygen atoms in total. The zero-order chi connectivity index (χ0) is 50.3. The summed E-state index contributed by atoms with van der Waals surface area (Å²) in [6.07, 6.45) is 13.4. The molecule has 0 aliphatic carbocycles. The maximum absolute atomic E-state index is 13.9. The maximum Gasteiger partial charge on any atom is 0.227 e. The van der Waals surface area contributed by atoms with Crippen LogP contribution in [0.3, 0.4) is 0 Å². The summed E-state index contributed by atoms with van der Waals surface area (Å²) in [4.78, 5) is 61.5. The van der Waals surface area contributed by atoms with Gasteiger partial charge in [0.05, 0.1) is 36.1 Å². The SMILES string of the molecule is O=C(CCC(=O)N1Cc2ccccc2-c2c(nnn2CCCCCCCCCCn2cc(COc3c(O)ccc4c(=O)cc(-c5ccccc5)oc34)nn2)-c2ccccc21)NCCCCCCOP([O-])(O)=S. The van der Waals surface area contributed by atoms with Gasteiger partial charge in [-0.05, 0) is 49.4 Å². The third-order valence-electron chi connectivity index (χ3n) is 12.6. The van der Waals surface area contributed by atoms with Gasteiger partial charge >= 0.3 is 0 Å². The number of carbonyl (C=O) groups excluding carboxylic acids is 2. The molecule has 0 bridgehead atoms. The normalized spacial score (nSPS) is 12.9. The van der Waals surface area contributed by atoms with Crippen LogP contribution in [0.25, 0.3) is 44.8 Å². The van der Waals surface area contributed by atoms with Gasteiger partial charge in [0.15, 0.2) is 16.8 Å². The van der Waals surface area contributed by atoms with Crippen LogP contribution >= 0.6 is 6.72 Å². The molecule has 0 radical (unpaired) electrons. The lowest BCUT2D eigenvalue weighted by Crippen LogP contribution is -2.33. The Morgan fingerprint density at radius 2 is 1.49 bits per heavy atom. The van der Waals surface area contributed by atoms with E-state index in [0.717, 1.165) is 117 Å². The summed E-state index contributed by atoms with van der Waals surface area (Å²) in [6, 6.07) is 29.5. The van der Waals surface area contributed by atoms with Crippen LogP contribution in [0.1, 0.15) is 101 Å². The zero-order valence-electron chi connectivity index (χ0n) is 40.2. The lowest BCUT2D eigenvalue weighted by Gasteiger charge is -2.28. The predicted molar refractivity (Wildman–Crippen MR) is 276 cm³/mol. The number of phenolic OH excluding ortho intramolecular Hbond substituents is 1. The number of rotatable bonds is 26. The molecule has 0 saturated carbocycles. The fourth-order valence-corrected chi connectivity index (χ4v) is 9.53. The molecule has 3 aromatic heterocycles. The van der Waals surface area contributed by atoms with Gasteiger partial charge in [-0.25, -0.2) is 4.68 Å². The topological polar surface area (TPSA) is 223 Å². The van der Waals surface area contributed by atoms with Crippen molar-refractivity contribution in [3.8, 4) is 45.3 Å². The summed E-state index contributed by atoms with van der Waals surface area (Å²) in [6.45, 7) is -1.44. The van der Waals surface area contributed by atoms with Gasteiger partial charge in [-0.2, -0.15) is 0 Å². The van der Waals surface area contributed by atoms with Gasteiger partial charge in [0.1, 0.15) is 30.5 Å². The van der Waals surface area contributed by atoms with Crippen LogP contribution in [0.2, 0.25) is 0 Å².